The molecule has 4 aromatic rings. The maximum atomic E-state index is 10.8. The summed E-state index contributed by atoms with van der Waals surface area (Å²) in [6, 6.07) is 27.2. The van der Waals surface area contributed by atoms with Gasteiger partial charge in [-0.2, -0.15) is 0 Å². The third-order valence-electron chi connectivity index (χ3n) is 4.96. The van der Waals surface area contributed by atoms with Gasteiger partial charge in [0.25, 0.3) is 5.69 Å². The number of aliphatic imine (C=N–C) groups is 1. The van der Waals surface area contributed by atoms with Crippen LogP contribution in [0.1, 0.15) is 11.1 Å². The molecule has 0 aromatic heterocycles. The van der Waals surface area contributed by atoms with Crippen molar-refractivity contribution in [1.29, 1.82) is 0 Å². The van der Waals surface area contributed by atoms with Crippen molar-refractivity contribution >= 4 is 40.2 Å². The van der Waals surface area contributed by atoms with Crippen LogP contribution >= 0.6 is 22.6 Å². The number of hydrogen-bond donors (Lipinski definition) is 0. The molecule has 0 saturated carbocycles. The van der Waals surface area contributed by atoms with Crippen LogP contribution < -0.4 is 14.2 Å². The monoisotopic (exact) mass is 580 g/mol. The summed E-state index contributed by atoms with van der Waals surface area (Å²) in [5, 5.41) is 10.8. The van der Waals surface area contributed by atoms with Crippen molar-refractivity contribution < 1.29 is 19.1 Å². The summed E-state index contributed by atoms with van der Waals surface area (Å²) in [6.07, 6.45) is 1.76. The lowest BCUT2D eigenvalue weighted by Crippen LogP contribution is -2.01. The summed E-state index contributed by atoms with van der Waals surface area (Å²) in [4.78, 5) is 14.9. The lowest BCUT2D eigenvalue weighted by atomic mass is 10.2. The number of nitro benzene ring substituents is 1. The molecule has 4 rings (SSSR count). The number of non-ortho nitro benzene ring substituents is 1. The van der Waals surface area contributed by atoms with Crippen molar-refractivity contribution in [2.24, 2.45) is 4.99 Å². The second kappa shape index (κ2) is 11.5. The smallest absolute Gasteiger partial charge is 0.269 e. The topological polar surface area (TPSA) is 83.2 Å². The van der Waals surface area contributed by atoms with E-state index in [-0.39, 0.29) is 12.3 Å². The first-order valence-electron chi connectivity index (χ1n) is 10.6. The molecule has 4 aromatic carbocycles. The molecule has 0 heterocycles. The summed E-state index contributed by atoms with van der Waals surface area (Å²) >= 11 is 2.19. The van der Waals surface area contributed by atoms with Crippen LogP contribution in [0.3, 0.4) is 0 Å². The van der Waals surface area contributed by atoms with Crippen molar-refractivity contribution in [3.63, 3.8) is 0 Å². The molecule has 0 atom stereocenters. The van der Waals surface area contributed by atoms with Crippen molar-refractivity contribution in [2.75, 3.05) is 7.11 Å². The SMILES string of the molecule is COc1cc(C=Nc2ccc(Oc3ccccc3)cc2)cc(I)c1OCc1ccc([N+](=O)[O-])cc1. The Labute approximate surface area is 216 Å². The van der Waals surface area contributed by atoms with Crippen LogP contribution in [-0.4, -0.2) is 18.2 Å². The van der Waals surface area contributed by atoms with Gasteiger partial charge in [0, 0.05) is 18.3 Å². The number of benzene rings is 4. The van der Waals surface area contributed by atoms with Crippen LogP contribution in [0.5, 0.6) is 23.0 Å². The van der Waals surface area contributed by atoms with Crippen LogP contribution in [0.25, 0.3) is 0 Å². The van der Waals surface area contributed by atoms with E-state index >= 15 is 0 Å². The van der Waals surface area contributed by atoms with E-state index in [2.05, 4.69) is 27.6 Å². The number of ether oxygens (including phenoxy) is 3. The Morgan fingerprint density at radius 1 is 0.943 bits per heavy atom. The molecule has 0 saturated heterocycles. The zero-order valence-electron chi connectivity index (χ0n) is 18.8. The first-order chi connectivity index (χ1) is 17.0. The average molecular weight is 580 g/mol. The highest BCUT2D eigenvalue weighted by molar-refractivity contribution is 14.1. The molecule has 0 aliphatic carbocycles. The molecule has 0 radical (unpaired) electrons. The van der Waals surface area contributed by atoms with Gasteiger partial charge in [0.1, 0.15) is 18.1 Å². The molecular formula is C27H21IN2O5. The predicted molar refractivity (Wildman–Crippen MR) is 143 cm³/mol. The van der Waals surface area contributed by atoms with E-state index in [0.717, 1.165) is 31.9 Å². The number of nitro groups is 1. The number of para-hydroxylation sites is 1. The van der Waals surface area contributed by atoms with Gasteiger partial charge in [-0.1, -0.05) is 18.2 Å². The normalized spacial score (nSPS) is 10.8. The van der Waals surface area contributed by atoms with E-state index in [1.807, 2.05) is 66.7 Å². The molecule has 8 heteroatoms. The largest absolute Gasteiger partial charge is 0.493 e. The number of hydrogen-bond acceptors (Lipinski definition) is 6. The minimum Gasteiger partial charge on any atom is -0.493 e. The van der Waals surface area contributed by atoms with Gasteiger partial charge in [-0.15, -0.1) is 0 Å². The van der Waals surface area contributed by atoms with Crippen molar-refractivity contribution in [1.82, 2.24) is 0 Å². The first-order valence-corrected chi connectivity index (χ1v) is 11.7. The minimum absolute atomic E-state index is 0.0444. The molecule has 7 nitrogen and oxygen atoms in total. The summed E-state index contributed by atoms with van der Waals surface area (Å²) in [5.74, 6) is 2.69. The molecule has 0 unspecified atom stereocenters. The Bertz CT molecular complexity index is 1320. The van der Waals surface area contributed by atoms with E-state index < -0.39 is 4.92 Å². The maximum Gasteiger partial charge on any atom is 0.269 e. The van der Waals surface area contributed by atoms with E-state index in [4.69, 9.17) is 14.2 Å². The molecule has 0 amide bonds. The Hall–Kier alpha value is -3.92. The van der Waals surface area contributed by atoms with Gasteiger partial charge in [0.15, 0.2) is 11.5 Å². The highest BCUT2D eigenvalue weighted by Gasteiger charge is 2.12. The van der Waals surface area contributed by atoms with Gasteiger partial charge in [0.2, 0.25) is 0 Å². The second-order valence-electron chi connectivity index (χ2n) is 7.41. The fourth-order valence-electron chi connectivity index (χ4n) is 3.20. The molecule has 0 N–H and O–H groups in total. The standard InChI is InChI=1S/C27H21IN2O5/c1-33-26-16-20(15-25(28)27(26)34-18-19-7-11-22(12-8-19)30(31)32)17-29-21-9-13-24(14-10-21)35-23-5-3-2-4-6-23/h2-17H,18H2,1H3. The average Bonchev–Trinajstić information content (AvgIpc) is 2.88. The highest BCUT2D eigenvalue weighted by Crippen LogP contribution is 2.34. The molecule has 0 aliphatic heterocycles. The molecule has 176 valence electrons. The van der Waals surface area contributed by atoms with Crippen molar-refractivity contribution in [3.05, 3.63) is 116 Å². The number of nitrogens with zero attached hydrogens (tertiary/aromatic N) is 2. The van der Waals surface area contributed by atoms with Gasteiger partial charge < -0.3 is 14.2 Å². The van der Waals surface area contributed by atoms with Gasteiger partial charge in [0.05, 0.1) is 21.3 Å². The van der Waals surface area contributed by atoms with E-state index in [1.54, 1.807) is 25.5 Å². The second-order valence-corrected chi connectivity index (χ2v) is 8.58. The number of rotatable bonds is 9. The fourth-order valence-corrected chi connectivity index (χ4v) is 3.98. The Kier molecular flexibility index (Phi) is 7.94. The third-order valence-corrected chi connectivity index (χ3v) is 5.76. The zero-order chi connectivity index (χ0) is 24.6. The minimum atomic E-state index is -0.427. The maximum absolute atomic E-state index is 10.8. The lowest BCUT2D eigenvalue weighted by Gasteiger charge is -2.13. The number of methoxy groups -OCH3 is 1. The van der Waals surface area contributed by atoms with Gasteiger partial charge in [-0.25, -0.2) is 0 Å². The summed E-state index contributed by atoms with van der Waals surface area (Å²) in [6.45, 7) is 0.259. The molecule has 0 fully saturated rings. The van der Waals surface area contributed by atoms with Crippen LogP contribution in [0, 0.1) is 13.7 Å². The Morgan fingerprint density at radius 3 is 2.29 bits per heavy atom. The molecule has 0 spiro atoms. The van der Waals surface area contributed by atoms with E-state index in [0.29, 0.717) is 11.5 Å². The van der Waals surface area contributed by atoms with E-state index in [1.165, 1.54) is 12.1 Å². The van der Waals surface area contributed by atoms with Crippen LogP contribution in [0.4, 0.5) is 11.4 Å². The predicted octanol–water partition coefficient (Wildman–Crippen LogP) is 7.33. The third kappa shape index (κ3) is 6.57. The molecule has 35 heavy (non-hydrogen) atoms. The fraction of sp³-hybridized carbons (Fsp3) is 0.0741. The van der Waals surface area contributed by atoms with E-state index in [9.17, 15) is 10.1 Å². The molecular weight excluding hydrogens is 559 g/mol. The molecule has 0 aliphatic rings. The zero-order valence-corrected chi connectivity index (χ0v) is 20.9. The van der Waals surface area contributed by atoms with Crippen molar-refractivity contribution in [2.45, 2.75) is 6.61 Å². The number of halogens is 1. The van der Waals surface area contributed by atoms with Crippen LogP contribution in [-0.2, 0) is 6.61 Å². The van der Waals surface area contributed by atoms with Gasteiger partial charge >= 0.3 is 0 Å². The van der Waals surface area contributed by atoms with Crippen LogP contribution in [0.15, 0.2) is 96.0 Å². The summed E-state index contributed by atoms with van der Waals surface area (Å²) in [5.41, 5.74) is 2.51. The highest BCUT2D eigenvalue weighted by atomic mass is 127. The van der Waals surface area contributed by atoms with Crippen LogP contribution in [0.2, 0.25) is 0 Å². The first kappa shape index (κ1) is 24.2. The van der Waals surface area contributed by atoms with Gasteiger partial charge in [-0.3, -0.25) is 15.1 Å². The van der Waals surface area contributed by atoms with Crippen molar-refractivity contribution in [3.8, 4) is 23.0 Å². The quantitative estimate of drug-likeness (QED) is 0.0896. The Balaban J connectivity index is 1.43. The summed E-state index contributed by atoms with van der Waals surface area (Å²) < 4.78 is 18.2. The van der Waals surface area contributed by atoms with Gasteiger partial charge in [-0.05, 0) is 94.4 Å². The summed E-state index contributed by atoms with van der Waals surface area (Å²) in [7, 11) is 1.58. The Morgan fingerprint density at radius 2 is 1.63 bits per heavy atom. The molecule has 0 bridgehead atoms. The lowest BCUT2D eigenvalue weighted by molar-refractivity contribution is -0.384.